The Morgan fingerprint density at radius 2 is 1.95 bits per heavy atom. The number of nitrogens with zero attached hydrogens (tertiary/aromatic N) is 3. The summed E-state index contributed by atoms with van der Waals surface area (Å²) in [6, 6.07) is 0. The van der Waals surface area contributed by atoms with Crippen molar-refractivity contribution in [3.05, 3.63) is 17.3 Å². The van der Waals surface area contributed by atoms with E-state index in [1.165, 1.54) is 0 Å². The minimum Gasteiger partial charge on any atom is -0.444 e. The van der Waals surface area contributed by atoms with Gasteiger partial charge in [0.1, 0.15) is 5.76 Å². The number of rotatable bonds is 4. The van der Waals surface area contributed by atoms with E-state index in [0.29, 0.717) is 0 Å². The van der Waals surface area contributed by atoms with Crippen LogP contribution in [-0.2, 0) is 11.3 Å². The predicted octanol–water partition coefficient (Wildman–Crippen LogP) is 1.08. The third-order valence-electron chi connectivity index (χ3n) is 5.19. The number of carbonyl (C=O) groups is 1. The van der Waals surface area contributed by atoms with Crippen LogP contribution >= 0.6 is 0 Å². The van der Waals surface area contributed by atoms with Gasteiger partial charge >= 0.3 is 0 Å². The van der Waals surface area contributed by atoms with Crippen molar-refractivity contribution in [2.75, 3.05) is 33.2 Å². The molecule has 22 heavy (non-hydrogen) atoms. The molecule has 6 heteroatoms. The summed E-state index contributed by atoms with van der Waals surface area (Å²) in [5.74, 6) is 1.95. The number of likely N-dealkylation sites (N-methyl/N-ethyl adjacent to an activating group) is 1. The largest absolute Gasteiger partial charge is 0.444 e. The molecule has 1 N–H and O–H groups in total. The predicted molar refractivity (Wildman–Crippen MR) is 83.5 cm³/mol. The van der Waals surface area contributed by atoms with Crippen molar-refractivity contribution in [2.24, 2.45) is 0 Å². The van der Waals surface area contributed by atoms with Gasteiger partial charge in [0.05, 0.1) is 17.8 Å². The molecule has 0 bridgehead atoms. The summed E-state index contributed by atoms with van der Waals surface area (Å²) in [7, 11) is 1.90. The van der Waals surface area contributed by atoms with Gasteiger partial charge in [-0.25, -0.2) is 4.98 Å². The van der Waals surface area contributed by atoms with E-state index in [-0.39, 0.29) is 11.4 Å². The Labute approximate surface area is 131 Å². The van der Waals surface area contributed by atoms with E-state index >= 15 is 0 Å². The lowest BCUT2D eigenvalue weighted by Gasteiger charge is -2.45. The molecule has 0 radical (unpaired) electrons. The molecule has 1 aliphatic carbocycles. The van der Waals surface area contributed by atoms with Crippen LogP contribution in [0.2, 0.25) is 0 Å². The van der Waals surface area contributed by atoms with Crippen LogP contribution < -0.4 is 5.32 Å². The summed E-state index contributed by atoms with van der Waals surface area (Å²) in [5.41, 5.74) is 0.684. The molecule has 0 aromatic carbocycles. The minimum absolute atomic E-state index is 0.279. The van der Waals surface area contributed by atoms with Crippen molar-refractivity contribution >= 4 is 5.91 Å². The highest BCUT2D eigenvalue weighted by Gasteiger charge is 2.45. The first kappa shape index (κ1) is 15.5. The van der Waals surface area contributed by atoms with Gasteiger partial charge in [0, 0.05) is 26.2 Å². The standard InChI is InChI=1S/C16H26N4O2/c1-12-13(2)22-14(18-12)11-19-7-9-20(10-8-19)15(21)16(17-3)5-4-6-16/h17H,4-11H2,1-3H3. The second-order valence-corrected chi connectivity index (χ2v) is 6.50. The maximum atomic E-state index is 12.7. The molecule has 3 rings (SSSR count). The molecule has 0 atom stereocenters. The highest BCUT2D eigenvalue weighted by atomic mass is 16.4. The topological polar surface area (TPSA) is 61.6 Å². The number of amides is 1. The van der Waals surface area contributed by atoms with Gasteiger partial charge in [0.25, 0.3) is 0 Å². The van der Waals surface area contributed by atoms with Crippen molar-refractivity contribution in [3.8, 4) is 0 Å². The van der Waals surface area contributed by atoms with Gasteiger partial charge in [0.2, 0.25) is 11.8 Å². The fraction of sp³-hybridized carbons (Fsp3) is 0.750. The Morgan fingerprint density at radius 3 is 2.41 bits per heavy atom. The van der Waals surface area contributed by atoms with E-state index < -0.39 is 0 Å². The van der Waals surface area contributed by atoms with Crippen LogP contribution in [0.15, 0.2) is 4.42 Å². The number of carbonyl (C=O) groups excluding carboxylic acids is 1. The second-order valence-electron chi connectivity index (χ2n) is 6.50. The monoisotopic (exact) mass is 306 g/mol. The maximum absolute atomic E-state index is 12.7. The van der Waals surface area contributed by atoms with Gasteiger partial charge in [0.15, 0.2) is 0 Å². The SMILES string of the molecule is CNC1(C(=O)N2CCN(Cc3nc(C)c(C)o3)CC2)CCC1. The van der Waals surface area contributed by atoms with E-state index in [1.54, 1.807) is 0 Å². The molecule has 122 valence electrons. The second kappa shape index (κ2) is 6.01. The zero-order chi connectivity index (χ0) is 15.7. The van der Waals surface area contributed by atoms with Crippen molar-refractivity contribution < 1.29 is 9.21 Å². The fourth-order valence-electron chi connectivity index (χ4n) is 3.31. The Hall–Kier alpha value is -1.40. The van der Waals surface area contributed by atoms with E-state index in [0.717, 1.165) is 69.3 Å². The van der Waals surface area contributed by atoms with E-state index in [4.69, 9.17) is 4.42 Å². The highest BCUT2D eigenvalue weighted by Crippen LogP contribution is 2.33. The minimum atomic E-state index is -0.279. The summed E-state index contributed by atoms with van der Waals surface area (Å²) in [6.45, 7) is 7.99. The lowest BCUT2D eigenvalue weighted by molar-refractivity contribution is -0.143. The van der Waals surface area contributed by atoms with Gasteiger partial charge in [-0.3, -0.25) is 9.69 Å². The van der Waals surface area contributed by atoms with Crippen molar-refractivity contribution in [3.63, 3.8) is 0 Å². The van der Waals surface area contributed by atoms with E-state index in [2.05, 4.69) is 15.2 Å². The third-order valence-corrected chi connectivity index (χ3v) is 5.19. The molecule has 1 aromatic rings. The normalized spacial score (nSPS) is 21.7. The quantitative estimate of drug-likeness (QED) is 0.902. The highest BCUT2D eigenvalue weighted by molar-refractivity contribution is 5.87. The maximum Gasteiger partial charge on any atom is 0.242 e. The smallest absolute Gasteiger partial charge is 0.242 e. The number of piperazine rings is 1. The Balaban J connectivity index is 1.53. The molecule has 1 saturated heterocycles. The van der Waals surface area contributed by atoms with Crippen LogP contribution in [-0.4, -0.2) is 59.5 Å². The van der Waals surface area contributed by atoms with Crippen LogP contribution in [0.5, 0.6) is 0 Å². The zero-order valence-corrected chi connectivity index (χ0v) is 13.8. The van der Waals surface area contributed by atoms with Crippen LogP contribution in [0.1, 0.15) is 36.6 Å². The van der Waals surface area contributed by atoms with Gasteiger partial charge in [-0.05, 0) is 40.2 Å². The Morgan fingerprint density at radius 1 is 1.27 bits per heavy atom. The summed E-state index contributed by atoms with van der Waals surface area (Å²) in [5, 5.41) is 3.24. The summed E-state index contributed by atoms with van der Waals surface area (Å²) < 4.78 is 5.65. The molecule has 2 fully saturated rings. The number of hydrogen-bond acceptors (Lipinski definition) is 5. The number of aryl methyl sites for hydroxylation is 2. The number of oxazole rings is 1. The van der Waals surface area contributed by atoms with Crippen LogP contribution in [0, 0.1) is 13.8 Å². The van der Waals surface area contributed by atoms with Crippen LogP contribution in [0.4, 0.5) is 0 Å². The molecule has 1 aromatic heterocycles. The molecular formula is C16H26N4O2. The van der Waals surface area contributed by atoms with Crippen LogP contribution in [0.25, 0.3) is 0 Å². The first-order valence-electron chi connectivity index (χ1n) is 8.17. The summed E-state index contributed by atoms with van der Waals surface area (Å²) >= 11 is 0. The molecule has 1 saturated carbocycles. The molecule has 2 heterocycles. The molecular weight excluding hydrogens is 280 g/mol. The Kier molecular flexibility index (Phi) is 4.23. The number of aromatic nitrogens is 1. The van der Waals surface area contributed by atoms with Gasteiger partial charge in [-0.1, -0.05) is 0 Å². The average Bonchev–Trinajstić information content (AvgIpc) is 2.77. The zero-order valence-electron chi connectivity index (χ0n) is 13.8. The Bertz CT molecular complexity index is 517. The molecule has 0 spiro atoms. The molecule has 1 amide bonds. The van der Waals surface area contributed by atoms with Gasteiger partial charge in [-0.15, -0.1) is 0 Å². The summed E-state index contributed by atoms with van der Waals surface area (Å²) in [4.78, 5) is 21.4. The molecule has 1 aliphatic heterocycles. The third kappa shape index (κ3) is 2.77. The molecule has 2 aliphatic rings. The first-order chi connectivity index (χ1) is 10.5. The number of nitrogens with one attached hydrogen (secondary N) is 1. The van der Waals surface area contributed by atoms with Crippen molar-refractivity contribution in [2.45, 2.75) is 45.2 Å². The van der Waals surface area contributed by atoms with E-state index in [1.807, 2.05) is 25.8 Å². The van der Waals surface area contributed by atoms with Crippen molar-refractivity contribution in [1.29, 1.82) is 0 Å². The lowest BCUT2D eigenvalue weighted by atomic mass is 9.75. The fourth-order valence-corrected chi connectivity index (χ4v) is 3.31. The van der Waals surface area contributed by atoms with Crippen LogP contribution in [0.3, 0.4) is 0 Å². The average molecular weight is 306 g/mol. The summed E-state index contributed by atoms with van der Waals surface area (Å²) in [6.07, 6.45) is 3.09. The van der Waals surface area contributed by atoms with Gasteiger partial charge in [-0.2, -0.15) is 0 Å². The van der Waals surface area contributed by atoms with E-state index in [9.17, 15) is 4.79 Å². The van der Waals surface area contributed by atoms with Gasteiger partial charge < -0.3 is 14.6 Å². The lowest BCUT2D eigenvalue weighted by Crippen LogP contribution is -2.63. The van der Waals surface area contributed by atoms with Crippen molar-refractivity contribution in [1.82, 2.24) is 20.1 Å². The first-order valence-corrected chi connectivity index (χ1v) is 8.17. The molecule has 6 nitrogen and oxygen atoms in total. The number of hydrogen-bond donors (Lipinski definition) is 1. The molecule has 0 unspecified atom stereocenters.